The Morgan fingerprint density at radius 3 is 2.65 bits per heavy atom. The Bertz CT molecular complexity index is 744. The zero-order chi connectivity index (χ0) is 15.6. The maximum atomic E-state index is 9.10. The molecule has 0 amide bonds. The minimum Gasteiger partial charge on any atom is -0.296 e. The molecule has 5 rings (SSSR count). The van der Waals surface area contributed by atoms with Gasteiger partial charge in [0.15, 0.2) is 0 Å². The second kappa shape index (κ2) is 6.18. The lowest BCUT2D eigenvalue weighted by Crippen LogP contribution is -2.46. The summed E-state index contributed by atoms with van der Waals surface area (Å²) >= 11 is 0. The van der Waals surface area contributed by atoms with Crippen molar-refractivity contribution in [3.05, 3.63) is 70.8 Å². The number of hydrogen-bond acceptors (Lipinski definition) is 2. The lowest BCUT2D eigenvalue weighted by Gasteiger charge is -2.42. The van der Waals surface area contributed by atoms with Crippen LogP contribution in [0.25, 0.3) is 0 Å². The van der Waals surface area contributed by atoms with Gasteiger partial charge in [0.25, 0.3) is 0 Å². The Morgan fingerprint density at radius 1 is 1.00 bits per heavy atom. The molecule has 2 heteroatoms. The van der Waals surface area contributed by atoms with Gasteiger partial charge in [-0.05, 0) is 60.4 Å². The molecule has 2 heterocycles. The topological polar surface area (TPSA) is 27.0 Å². The quantitative estimate of drug-likeness (QED) is 0.840. The van der Waals surface area contributed by atoms with E-state index < -0.39 is 0 Å². The normalized spacial score (nSPS) is 23.6. The summed E-state index contributed by atoms with van der Waals surface area (Å²) in [5, 5.41) is 9.10. The average molecular weight is 302 g/mol. The summed E-state index contributed by atoms with van der Waals surface area (Å²) in [5.41, 5.74) is 5.14. The highest BCUT2D eigenvalue weighted by Gasteiger charge is 2.31. The SMILES string of the molecule is N#Cc1cccc(CN2C[C@@H]3CC[C@H]2Cc2ccccc2C3)c1. The molecule has 0 unspecified atom stereocenters. The molecule has 0 N–H and O–H groups in total. The van der Waals surface area contributed by atoms with E-state index in [1.807, 2.05) is 18.2 Å². The molecule has 1 saturated heterocycles. The minimum atomic E-state index is 0.637. The second-order valence-corrected chi connectivity index (χ2v) is 7.02. The van der Waals surface area contributed by atoms with E-state index in [2.05, 4.69) is 41.3 Å². The first-order valence-electron chi connectivity index (χ1n) is 8.61. The maximum Gasteiger partial charge on any atom is 0.0991 e. The fourth-order valence-electron chi connectivity index (χ4n) is 4.27. The molecule has 0 saturated carbocycles. The molecule has 23 heavy (non-hydrogen) atoms. The van der Waals surface area contributed by atoms with Gasteiger partial charge in [-0.3, -0.25) is 4.90 Å². The molecule has 0 radical (unpaired) electrons. The van der Waals surface area contributed by atoms with Crippen molar-refractivity contribution in [3.63, 3.8) is 0 Å². The standard InChI is InChI=1S/C21H22N2/c22-13-16-4-3-5-17(10-16)14-23-15-18-8-9-21(23)12-20-7-2-1-6-19(20)11-18/h1-7,10,18,21H,8-9,11-12,14-15H2/t18-,21+/m1/s1. The molecule has 2 nitrogen and oxygen atoms in total. The molecule has 2 atom stereocenters. The summed E-state index contributed by atoms with van der Waals surface area (Å²) in [5.74, 6) is 0.770. The molecule has 3 aliphatic rings. The van der Waals surface area contributed by atoms with Gasteiger partial charge in [-0.25, -0.2) is 0 Å². The fourth-order valence-corrected chi connectivity index (χ4v) is 4.27. The molecule has 116 valence electrons. The Kier molecular flexibility index (Phi) is 3.89. The highest BCUT2D eigenvalue weighted by molar-refractivity contribution is 5.33. The van der Waals surface area contributed by atoms with Crippen LogP contribution in [0.15, 0.2) is 48.5 Å². The number of nitrogens with zero attached hydrogens (tertiary/aromatic N) is 2. The van der Waals surface area contributed by atoms with E-state index in [-0.39, 0.29) is 0 Å². The summed E-state index contributed by atoms with van der Waals surface area (Å²) in [6, 6.07) is 20.0. The van der Waals surface area contributed by atoms with Crippen LogP contribution in [0.1, 0.15) is 35.1 Å². The van der Waals surface area contributed by atoms with Crippen LogP contribution in [-0.4, -0.2) is 17.5 Å². The zero-order valence-electron chi connectivity index (χ0n) is 13.4. The van der Waals surface area contributed by atoms with Gasteiger partial charge in [-0.2, -0.15) is 5.26 Å². The lowest BCUT2D eigenvalue weighted by atomic mass is 9.80. The number of benzene rings is 2. The third-order valence-electron chi connectivity index (χ3n) is 5.44. The van der Waals surface area contributed by atoms with Crippen molar-refractivity contribution in [1.82, 2.24) is 4.90 Å². The van der Waals surface area contributed by atoms with Crippen molar-refractivity contribution in [2.45, 2.75) is 38.3 Å². The van der Waals surface area contributed by atoms with E-state index >= 15 is 0 Å². The average Bonchev–Trinajstić information content (AvgIpc) is 2.56. The Balaban J connectivity index is 1.58. The van der Waals surface area contributed by atoms with E-state index in [9.17, 15) is 0 Å². The first-order chi connectivity index (χ1) is 11.3. The van der Waals surface area contributed by atoms with Crippen LogP contribution in [0.2, 0.25) is 0 Å². The molecule has 2 aliphatic heterocycles. The minimum absolute atomic E-state index is 0.637. The summed E-state index contributed by atoms with van der Waals surface area (Å²) in [4.78, 5) is 2.65. The molecule has 1 aliphatic carbocycles. The summed E-state index contributed by atoms with van der Waals surface area (Å²) < 4.78 is 0. The number of piperidine rings is 1. The number of rotatable bonds is 2. The molecule has 1 fully saturated rings. The Labute approximate surface area is 138 Å². The highest BCUT2D eigenvalue weighted by Crippen LogP contribution is 2.33. The van der Waals surface area contributed by atoms with E-state index in [4.69, 9.17) is 5.26 Å². The first-order valence-corrected chi connectivity index (χ1v) is 8.61. The Morgan fingerprint density at radius 2 is 1.83 bits per heavy atom. The Hall–Kier alpha value is -2.11. The van der Waals surface area contributed by atoms with Crippen molar-refractivity contribution in [2.24, 2.45) is 5.92 Å². The van der Waals surface area contributed by atoms with Gasteiger partial charge in [0.2, 0.25) is 0 Å². The predicted octanol–water partition coefficient (Wildman–Crippen LogP) is 3.94. The molecule has 2 aromatic rings. The summed E-state index contributed by atoms with van der Waals surface area (Å²) in [6.07, 6.45) is 5.04. The van der Waals surface area contributed by atoms with E-state index in [1.54, 1.807) is 5.56 Å². The van der Waals surface area contributed by atoms with Crippen molar-refractivity contribution in [1.29, 1.82) is 5.26 Å². The van der Waals surface area contributed by atoms with Crippen molar-refractivity contribution in [2.75, 3.05) is 6.54 Å². The maximum absolute atomic E-state index is 9.10. The molecular weight excluding hydrogens is 280 g/mol. The fraction of sp³-hybridized carbons (Fsp3) is 0.381. The van der Waals surface area contributed by atoms with Crippen molar-refractivity contribution in [3.8, 4) is 6.07 Å². The van der Waals surface area contributed by atoms with Crippen LogP contribution in [0.3, 0.4) is 0 Å². The summed E-state index contributed by atoms with van der Waals surface area (Å²) in [6.45, 7) is 2.16. The third kappa shape index (κ3) is 3.02. The predicted molar refractivity (Wildman–Crippen MR) is 91.9 cm³/mol. The van der Waals surface area contributed by atoms with Crippen LogP contribution in [0.4, 0.5) is 0 Å². The van der Waals surface area contributed by atoms with Crippen LogP contribution in [0.5, 0.6) is 0 Å². The number of nitriles is 1. The monoisotopic (exact) mass is 302 g/mol. The first kappa shape index (κ1) is 14.5. The lowest BCUT2D eigenvalue weighted by molar-refractivity contribution is 0.0938. The van der Waals surface area contributed by atoms with E-state index in [1.165, 1.54) is 43.4 Å². The van der Waals surface area contributed by atoms with E-state index in [0.717, 1.165) is 18.0 Å². The van der Waals surface area contributed by atoms with E-state index in [0.29, 0.717) is 6.04 Å². The smallest absolute Gasteiger partial charge is 0.0991 e. The van der Waals surface area contributed by atoms with Crippen LogP contribution >= 0.6 is 0 Å². The van der Waals surface area contributed by atoms with Gasteiger partial charge in [0.05, 0.1) is 11.6 Å². The van der Waals surface area contributed by atoms with Gasteiger partial charge < -0.3 is 0 Å². The third-order valence-corrected chi connectivity index (χ3v) is 5.44. The number of fused-ring (bicyclic) bond motifs is 2. The van der Waals surface area contributed by atoms with Crippen LogP contribution in [0, 0.1) is 17.2 Å². The molecule has 2 bridgehead atoms. The van der Waals surface area contributed by atoms with Gasteiger partial charge >= 0.3 is 0 Å². The van der Waals surface area contributed by atoms with Crippen LogP contribution in [-0.2, 0) is 19.4 Å². The van der Waals surface area contributed by atoms with Gasteiger partial charge in [0, 0.05) is 19.1 Å². The largest absolute Gasteiger partial charge is 0.296 e. The van der Waals surface area contributed by atoms with Gasteiger partial charge in [-0.1, -0.05) is 36.4 Å². The summed E-state index contributed by atoms with van der Waals surface area (Å²) in [7, 11) is 0. The molecule has 0 aromatic heterocycles. The van der Waals surface area contributed by atoms with Gasteiger partial charge in [-0.15, -0.1) is 0 Å². The van der Waals surface area contributed by atoms with Crippen molar-refractivity contribution < 1.29 is 0 Å². The van der Waals surface area contributed by atoms with Crippen molar-refractivity contribution >= 4 is 0 Å². The second-order valence-electron chi connectivity index (χ2n) is 7.02. The molecule has 0 spiro atoms. The molecule has 2 aromatic carbocycles. The highest BCUT2D eigenvalue weighted by atomic mass is 15.2. The zero-order valence-corrected chi connectivity index (χ0v) is 13.4. The number of hydrogen-bond donors (Lipinski definition) is 0. The van der Waals surface area contributed by atoms with Gasteiger partial charge in [0.1, 0.15) is 0 Å². The van der Waals surface area contributed by atoms with Crippen LogP contribution < -0.4 is 0 Å². The molecular formula is C21H22N2.